The molecule has 0 spiro atoms. The van der Waals surface area contributed by atoms with E-state index < -0.39 is 14.3 Å². The fraction of sp³-hybridized carbons (Fsp3) is 0.364. The Kier molecular flexibility index (Phi) is 4.02. The van der Waals surface area contributed by atoms with Crippen LogP contribution in [0.25, 0.3) is 0 Å². The van der Waals surface area contributed by atoms with Crippen molar-refractivity contribution < 1.29 is 13.2 Å². The van der Waals surface area contributed by atoms with Crippen LogP contribution in [0.4, 0.5) is 5.69 Å². The first-order valence-corrected chi connectivity index (χ1v) is 8.52. The highest BCUT2D eigenvalue weighted by Crippen LogP contribution is 2.36. The van der Waals surface area contributed by atoms with Crippen molar-refractivity contribution in [2.45, 2.75) is 18.6 Å². The van der Waals surface area contributed by atoms with Gasteiger partial charge in [-0.3, -0.25) is 4.79 Å². The van der Waals surface area contributed by atoms with E-state index in [1.807, 2.05) is 0 Å². The lowest BCUT2D eigenvalue weighted by Gasteiger charge is -2.20. The molecule has 1 saturated heterocycles. The quantitative estimate of drug-likeness (QED) is 0.776. The van der Waals surface area contributed by atoms with E-state index in [2.05, 4.69) is 0 Å². The number of carbonyl (C=O) groups excluding carboxylic acids is 1. The Hall–Kier alpha value is -0.490. The van der Waals surface area contributed by atoms with Crippen LogP contribution in [0.5, 0.6) is 0 Å². The van der Waals surface area contributed by atoms with Crippen molar-refractivity contribution in [3.05, 3.63) is 27.7 Å². The van der Waals surface area contributed by atoms with Gasteiger partial charge in [0.15, 0.2) is 0 Å². The first kappa shape index (κ1) is 14.9. The van der Waals surface area contributed by atoms with E-state index in [1.165, 1.54) is 11.0 Å². The molecule has 1 aromatic carbocycles. The van der Waals surface area contributed by atoms with Crippen molar-refractivity contribution in [1.29, 1.82) is 0 Å². The third-order valence-corrected chi connectivity index (χ3v) is 5.35. The zero-order valence-corrected chi connectivity index (χ0v) is 12.9. The molecule has 0 N–H and O–H groups in total. The molecule has 0 aliphatic carbocycles. The van der Waals surface area contributed by atoms with Crippen LogP contribution < -0.4 is 4.90 Å². The molecule has 1 amide bonds. The predicted molar refractivity (Wildman–Crippen MR) is 76.7 cm³/mol. The minimum absolute atomic E-state index is 0.00680. The fourth-order valence-corrected chi connectivity index (χ4v) is 3.84. The van der Waals surface area contributed by atoms with Gasteiger partial charge in [-0.2, -0.15) is 0 Å². The Labute approximate surface area is 125 Å². The molecule has 19 heavy (non-hydrogen) atoms. The predicted octanol–water partition coefficient (Wildman–Crippen LogP) is 2.98. The van der Waals surface area contributed by atoms with E-state index in [0.717, 1.165) is 0 Å². The molecule has 1 aromatic rings. The van der Waals surface area contributed by atoms with Crippen LogP contribution in [0, 0.1) is 6.92 Å². The molecule has 4 nitrogen and oxygen atoms in total. The van der Waals surface area contributed by atoms with Crippen LogP contribution in [0.15, 0.2) is 12.1 Å². The number of hydrogen-bond acceptors (Lipinski definition) is 3. The smallest absolute Gasteiger partial charge is 0.237 e. The van der Waals surface area contributed by atoms with Gasteiger partial charge in [0.2, 0.25) is 15.0 Å². The Morgan fingerprint density at radius 1 is 1.32 bits per heavy atom. The van der Waals surface area contributed by atoms with Gasteiger partial charge in [0.25, 0.3) is 0 Å². The molecule has 0 radical (unpaired) electrons. The first-order valence-electron chi connectivity index (χ1n) is 5.39. The van der Waals surface area contributed by atoms with Crippen LogP contribution in [0.1, 0.15) is 12.0 Å². The van der Waals surface area contributed by atoms with Crippen molar-refractivity contribution in [2.24, 2.45) is 0 Å². The van der Waals surface area contributed by atoms with E-state index in [9.17, 15) is 13.2 Å². The van der Waals surface area contributed by atoms with Crippen LogP contribution in [-0.4, -0.2) is 26.1 Å². The van der Waals surface area contributed by atoms with Gasteiger partial charge in [0, 0.05) is 28.7 Å². The maximum absolute atomic E-state index is 11.9. The van der Waals surface area contributed by atoms with Gasteiger partial charge in [-0.25, -0.2) is 8.42 Å². The molecule has 1 atom stereocenters. The zero-order valence-electron chi connectivity index (χ0n) is 9.86. The van der Waals surface area contributed by atoms with Gasteiger partial charge >= 0.3 is 0 Å². The van der Waals surface area contributed by atoms with E-state index in [0.29, 0.717) is 21.3 Å². The first-order chi connectivity index (χ1) is 8.70. The summed E-state index contributed by atoms with van der Waals surface area (Å²) in [6.07, 6.45) is -0.135. The molecule has 104 valence electrons. The summed E-state index contributed by atoms with van der Waals surface area (Å²) >= 11 is 11.9. The van der Waals surface area contributed by atoms with Gasteiger partial charge in [0.05, 0.1) is 10.7 Å². The Bertz CT molecular complexity index is 622. The van der Waals surface area contributed by atoms with Crippen LogP contribution in [0.3, 0.4) is 0 Å². The van der Waals surface area contributed by atoms with E-state index in [4.69, 9.17) is 33.9 Å². The normalized spacial score (nSPS) is 20.1. The maximum Gasteiger partial charge on any atom is 0.237 e. The van der Waals surface area contributed by atoms with Gasteiger partial charge in [-0.1, -0.05) is 23.2 Å². The van der Waals surface area contributed by atoms with Crippen molar-refractivity contribution in [3.8, 4) is 0 Å². The number of rotatable bonds is 2. The number of hydrogen-bond donors (Lipinski definition) is 0. The molecule has 0 aromatic heterocycles. The monoisotopic (exact) mass is 341 g/mol. The molecule has 0 bridgehead atoms. The van der Waals surface area contributed by atoms with Crippen molar-refractivity contribution in [1.82, 2.24) is 0 Å². The zero-order chi connectivity index (χ0) is 14.4. The van der Waals surface area contributed by atoms with Crippen molar-refractivity contribution >= 4 is 54.5 Å². The number of nitrogens with zero attached hydrogens (tertiary/aromatic N) is 1. The van der Waals surface area contributed by atoms with E-state index in [1.54, 1.807) is 13.0 Å². The summed E-state index contributed by atoms with van der Waals surface area (Å²) in [5.41, 5.74) is 1.19. The highest BCUT2D eigenvalue weighted by molar-refractivity contribution is 8.14. The number of benzene rings is 1. The number of halogens is 3. The average molecular weight is 343 g/mol. The minimum Gasteiger partial charge on any atom is -0.309 e. The Balaban J connectivity index is 2.42. The highest BCUT2D eigenvalue weighted by atomic mass is 35.7. The minimum atomic E-state index is -3.77. The molecular weight excluding hydrogens is 333 g/mol. The lowest BCUT2D eigenvalue weighted by Crippen LogP contribution is -2.27. The second kappa shape index (κ2) is 5.13. The summed E-state index contributed by atoms with van der Waals surface area (Å²) in [6.45, 7) is 1.76. The van der Waals surface area contributed by atoms with Crippen LogP contribution in [-0.2, 0) is 13.8 Å². The lowest BCUT2D eigenvalue weighted by atomic mass is 10.2. The van der Waals surface area contributed by atoms with E-state index in [-0.39, 0.29) is 18.9 Å². The molecule has 8 heteroatoms. The summed E-state index contributed by atoms with van der Waals surface area (Å²) in [6, 6.07) is 3.18. The van der Waals surface area contributed by atoms with E-state index >= 15 is 0 Å². The molecule has 1 aliphatic rings. The SMILES string of the molecule is Cc1cc(Cl)cc(Cl)c1N1CC(S(=O)(=O)Cl)CC1=O. The third kappa shape index (κ3) is 2.99. The number of amides is 1. The second-order valence-corrected chi connectivity index (χ2v) is 8.11. The number of aryl methyl sites for hydroxylation is 1. The van der Waals surface area contributed by atoms with Gasteiger partial charge < -0.3 is 4.90 Å². The summed E-state index contributed by atoms with van der Waals surface area (Å²) in [5.74, 6) is -0.318. The van der Waals surface area contributed by atoms with Gasteiger partial charge in [-0.15, -0.1) is 0 Å². The van der Waals surface area contributed by atoms with Crippen molar-refractivity contribution in [2.75, 3.05) is 11.4 Å². The largest absolute Gasteiger partial charge is 0.309 e. The number of anilines is 1. The molecule has 1 heterocycles. The standard InChI is InChI=1S/C11H10Cl3NO3S/c1-6-2-7(12)3-9(13)11(6)15-5-8(4-10(15)16)19(14,17)18/h2-3,8H,4-5H2,1H3. The summed E-state index contributed by atoms with van der Waals surface area (Å²) < 4.78 is 22.6. The average Bonchev–Trinajstić information content (AvgIpc) is 2.59. The summed E-state index contributed by atoms with van der Waals surface area (Å²) in [5, 5.41) is -0.141. The molecule has 1 aliphatic heterocycles. The molecule has 2 rings (SSSR count). The summed E-state index contributed by atoms with van der Waals surface area (Å²) in [4.78, 5) is 13.3. The van der Waals surface area contributed by atoms with Crippen LogP contribution >= 0.6 is 33.9 Å². The summed E-state index contributed by atoms with van der Waals surface area (Å²) in [7, 11) is 1.53. The second-order valence-electron chi connectivity index (χ2n) is 4.36. The Morgan fingerprint density at radius 2 is 1.95 bits per heavy atom. The van der Waals surface area contributed by atoms with Crippen LogP contribution in [0.2, 0.25) is 10.0 Å². The Morgan fingerprint density at radius 3 is 2.42 bits per heavy atom. The molecular formula is C11H10Cl3NO3S. The fourth-order valence-electron chi connectivity index (χ4n) is 2.12. The molecule has 0 saturated carbocycles. The van der Waals surface area contributed by atoms with Crippen molar-refractivity contribution in [3.63, 3.8) is 0 Å². The van der Waals surface area contributed by atoms with Gasteiger partial charge in [-0.05, 0) is 24.6 Å². The maximum atomic E-state index is 11.9. The molecule has 1 fully saturated rings. The lowest BCUT2D eigenvalue weighted by molar-refractivity contribution is -0.117. The highest BCUT2D eigenvalue weighted by Gasteiger charge is 2.39. The third-order valence-electron chi connectivity index (χ3n) is 2.98. The molecule has 1 unspecified atom stereocenters. The van der Waals surface area contributed by atoms with Gasteiger partial charge in [0.1, 0.15) is 5.25 Å². The number of carbonyl (C=O) groups is 1. The topological polar surface area (TPSA) is 54.5 Å².